The van der Waals surface area contributed by atoms with E-state index in [1.807, 2.05) is 42.5 Å². The lowest BCUT2D eigenvalue weighted by molar-refractivity contribution is 0.0943. The van der Waals surface area contributed by atoms with Crippen LogP contribution in [0.4, 0.5) is 5.69 Å². The smallest absolute Gasteiger partial charge is 0.275 e. The van der Waals surface area contributed by atoms with E-state index in [4.69, 9.17) is 16.7 Å². The van der Waals surface area contributed by atoms with Gasteiger partial charge in [-0.05, 0) is 49.7 Å². The maximum absolute atomic E-state index is 12.7. The average Bonchev–Trinajstić information content (AvgIpc) is 3.13. The van der Waals surface area contributed by atoms with E-state index in [0.717, 1.165) is 17.7 Å². The molecule has 1 amide bonds. The minimum atomic E-state index is -0.373. The summed E-state index contributed by atoms with van der Waals surface area (Å²) < 4.78 is 5.23. The monoisotopic (exact) mass is 408 g/mol. The molecule has 3 rings (SSSR count). The largest absolute Gasteiger partial charge is 0.360 e. The minimum Gasteiger partial charge on any atom is -0.360 e. The maximum atomic E-state index is 12.7. The first-order chi connectivity index (χ1) is 14.1. The van der Waals surface area contributed by atoms with Crippen LogP contribution in [0.5, 0.6) is 0 Å². The van der Waals surface area contributed by atoms with Gasteiger partial charge in [-0.2, -0.15) is 0 Å². The summed E-state index contributed by atoms with van der Waals surface area (Å²) in [4.78, 5) is 12.7. The Morgan fingerprint density at radius 2 is 1.79 bits per heavy atom. The highest BCUT2D eigenvalue weighted by Crippen LogP contribution is 2.24. The van der Waals surface area contributed by atoms with Crippen LogP contribution in [0.3, 0.4) is 0 Å². The van der Waals surface area contributed by atoms with E-state index in [2.05, 4.69) is 40.4 Å². The quantitative estimate of drug-likeness (QED) is 0.408. The zero-order valence-corrected chi connectivity index (χ0v) is 17.3. The Labute approximate surface area is 175 Å². The molecule has 0 bridgehead atoms. The Morgan fingerprint density at radius 1 is 1.07 bits per heavy atom. The van der Waals surface area contributed by atoms with E-state index in [0.29, 0.717) is 17.0 Å². The number of nitrogens with zero attached hydrogens (tertiary/aromatic N) is 1. The Kier molecular flexibility index (Phi) is 6.97. The van der Waals surface area contributed by atoms with Crippen molar-refractivity contribution in [3.8, 4) is 11.3 Å². The molecule has 0 radical (unpaired) electrons. The molecule has 29 heavy (non-hydrogen) atoms. The number of rotatable bonds is 6. The van der Waals surface area contributed by atoms with Gasteiger partial charge in [0.2, 0.25) is 0 Å². The van der Waals surface area contributed by atoms with Crippen LogP contribution >= 0.6 is 12.2 Å². The molecule has 0 aliphatic carbocycles. The summed E-state index contributed by atoms with van der Waals surface area (Å²) in [5, 5.41) is 7.36. The minimum absolute atomic E-state index is 0.287. The first-order valence-corrected chi connectivity index (χ1v) is 9.97. The lowest BCUT2D eigenvalue weighted by Gasteiger charge is -2.12. The van der Waals surface area contributed by atoms with E-state index in [1.54, 1.807) is 6.92 Å². The number of carbonyl (C=O) groups excluding carboxylic acids is 1. The van der Waals surface area contributed by atoms with Gasteiger partial charge in [-0.25, -0.2) is 0 Å². The fourth-order valence-electron chi connectivity index (χ4n) is 2.91. The third kappa shape index (κ3) is 5.42. The number of amides is 1. The number of anilines is 1. The van der Waals surface area contributed by atoms with Crippen molar-refractivity contribution in [2.75, 3.05) is 5.32 Å². The molecule has 0 atom stereocenters. The van der Waals surface area contributed by atoms with Crippen LogP contribution in [0.1, 0.15) is 41.4 Å². The number of aryl methyl sites for hydroxylation is 2. The van der Waals surface area contributed by atoms with Gasteiger partial charge < -0.3 is 9.84 Å². The molecular weight excluding hydrogens is 384 g/mol. The summed E-state index contributed by atoms with van der Waals surface area (Å²) in [6, 6.07) is 17.5. The van der Waals surface area contributed by atoms with E-state index in [-0.39, 0.29) is 11.0 Å². The normalized spacial score (nSPS) is 10.4. The van der Waals surface area contributed by atoms with Crippen molar-refractivity contribution < 1.29 is 9.32 Å². The van der Waals surface area contributed by atoms with Gasteiger partial charge in [-0.1, -0.05) is 61.0 Å². The van der Waals surface area contributed by atoms with Gasteiger partial charge in [0, 0.05) is 11.3 Å². The molecule has 1 heterocycles. The zero-order chi connectivity index (χ0) is 20.6. The molecule has 150 valence electrons. The number of carbonyl (C=O) groups is 1. The second-order valence-electron chi connectivity index (χ2n) is 6.66. The number of aromatic nitrogens is 1. The number of thiocarbonyl (C=S) groups is 1. The van der Waals surface area contributed by atoms with Gasteiger partial charge in [-0.3, -0.25) is 15.6 Å². The van der Waals surface area contributed by atoms with Gasteiger partial charge in [0.1, 0.15) is 17.0 Å². The molecule has 0 fully saturated rings. The van der Waals surface area contributed by atoms with Crippen molar-refractivity contribution in [3.05, 3.63) is 71.5 Å². The first-order valence-electron chi connectivity index (χ1n) is 9.56. The Balaban J connectivity index is 1.58. The Bertz CT molecular complexity index is 968. The van der Waals surface area contributed by atoms with Gasteiger partial charge in [0.25, 0.3) is 5.91 Å². The molecule has 0 saturated carbocycles. The van der Waals surface area contributed by atoms with Crippen molar-refractivity contribution >= 4 is 28.9 Å². The van der Waals surface area contributed by atoms with Gasteiger partial charge in [0.15, 0.2) is 5.11 Å². The standard InChI is InChI=1S/C22H24N4O2S/c1-3-4-8-16-11-13-18(14-12-16)23-22(29)25-24-21(27)19-15(2)28-26-20(19)17-9-6-5-7-10-17/h5-7,9-14H,3-4,8H2,1-2H3,(H,24,27)(H2,23,25,29). The number of unbranched alkanes of at least 4 members (excludes halogenated alkanes) is 1. The van der Waals surface area contributed by atoms with Crippen molar-refractivity contribution in [1.82, 2.24) is 16.0 Å². The van der Waals surface area contributed by atoms with Crippen LogP contribution in [0.25, 0.3) is 11.3 Å². The molecule has 7 heteroatoms. The molecule has 0 aliphatic rings. The van der Waals surface area contributed by atoms with Crippen LogP contribution < -0.4 is 16.2 Å². The third-order valence-corrected chi connectivity index (χ3v) is 4.66. The van der Waals surface area contributed by atoms with E-state index < -0.39 is 0 Å². The zero-order valence-electron chi connectivity index (χ0n) is 16.5. The summed E-state index contributed by atoms with van der Waals surface area (Å²) in [5.74, 6) is 0.0614. The highest BCUT2D eigenvalue weighted by Gasteiger charge is 2.21. The summed E-state index contributed by atoms with van der Waals surface area (Å²) >= 11 is 5.27. The third-order valence-electron chi connectivity index (χ3n) is 4.46. The number of nitrogens with one attached hydrogen (secondary N) is 3. The predicted octanol–water partition coefficient (Wildman–Crippen LogP) is 4.62. The number of hydrogen-bond acceptors (Lipinski definition) is 4. The molecule has 0 aliphatic heterocycles. The summed E-state index contributed by atoms with van der Waals surface area (Å²) in [6.45, 7) is 3.88. The van der Waals surface area contributed by atoms with Gasteiger partial charge in [-0.15, -0.1) is 0 Å². The van der Waals surface area contributed by atoms with Crippen LogP contribution in [0, 0.1) is 6.92 Å². The van der Waals surface area contributed by atoms with E-state index in [1.165, 1.54) is 18.4 Å². The topological polar surface area (TPSA) is 79.2 Å². The van der Waals surface area contributed by atoms with Gasteiger partial charge in [0.05, 0.1) is 0 Å². The number of hydrogen-bond donors (Lipinski definition) is 3. The number of benzene rings is 2. The molecule has 3 aromatic rings. The van der Waals surface area contributed by atoms with Crippen molar-refractivity contribution in [2.45, 2.75) is 33.1 Å². The van der Waals surface area contributed by atoms with E-state index in [9.17, 15) is 4.79 Å². The summed E-state index contributed by atoms with van der Waals surface area (Å²) in [5.41, 5.74) is 9.13. The highest BCUT2D eigenvalue weighted by atomic mass is 32.1. The summed E-state index contributed by atoms with van der Waals surface area (Å²) in [7, 11) is 0. The lowest BCUT2D eigenvalue weighted by Crippen LogP contribution is -2.44. The molecule has 1 aromatic heterocycles. The van der Waals surface area contributed by atoms with Crippen LogP contribution in [-0.2, 0) is 6.42 Å². The second kappa shape index (κ2) is 9.84. The molecular formula is C22H24N4O2S. The Morgan fingerprint density at radius 3 is 2.48 bits per heavy atom. The lowest BCUT2D eigenvalue weighted by atomic mass is 10.1. The SMILES string of the molecule is CCCCc1ccc(NC(=S)NNC(=O)c2c(-c3ccccc3)noc2C)cc1. The van der Waals surface area contributed by atoms with Crippen molar-refractivity contribution in [2.24, 2.45) is 0 Å². The van der Waals surface area contributed by atoms with Crippen LogP contribution in [-0.4, -0.2) is 16.2 Å². The van der Waals surface area contributed by atoms with Gasteiger partial charge >= 0.3 is 0 Å². The fraction of sp³-hybridized carbons (Fsp3) is 0.227. The predicted molar refractivity (Wildman–Crippen MR) is 119 cm³/mol. The highest BCUT2D eigenvalue weighted by molar-refractivity contribution is 7.80. The van der Waals surface area contributed by atoms with Crippen LogP contribution in [0.15, 0.2) is 59.1 Å². The molecule has 0 unspecified atom stereocenters. The summed E-state index contributed by atoms with van der Waals surface area (Å²) in [6.07, 6.45) is 3.41. The molecule has 6 nitrogen and oxygen atoms in total. The molecule has 3 N–H and O–H groups in total. The molecule has 2 aromatic carbocycles. The average molecular weight is 409 g/mol. The van der Waals surface area contributed by atoms with Crippen molar-refractivity contribution in [1.29, 1.82) is 0 Å². The van der Waals surface area contributed by atoms with Crippen LogP contribution in [0.2, 0.25) is 0 Å². The number of hydrazine groups is 1. The van der Waals surface area contributed by atoms with Crippen molar-refractivity contribution in [3.63, 3.8) is 0 Å². The Hall–Kier alpha value is -3.19. The molecule has 0 spiro atoms. The maximum Gasteiger partial charge on any atom is 0.275 e. The van der Waals surface area contributed by atoms with E-state index >= 15 is 0 Å². The molecule has 0 saturated heterocycles. The second-order valence-corrected chi connectivity index (χ2v) is 7.07. The first kappa shape index (κ1) is 20.5. The fourth-order valence-corrected chi connectivity index (χ4v) is 3.08.